The van der Waals surface area contributed by atoms with Gasteiger partial charge in [0.25, 0.3) is 11.5 Å². The lowest BCUT2D eigenvalue weighted by Crippen LogP contribution is -2.37. The molecule has 4 aromatic rings. The molecule has 11 heteroatoms. The Labute approximate surface area is 212 Å². The third kappa shape index (κ3) is 4.90. The number of aromatic amines is 1. The highest BCUT2D eigenvalue weighted by Crippen LogP contribution is 2.35. The SMILES string of the molecule is C=[N+]([O-])c1ccc(F)c(Cn2c(C(=O)NS(=O)(=O)C(C)C)c(-c3ccc[nH]c3=O)c3cc(C)ccc32)c1. The molecule has 0 unspecified atom stereocenters. The molecule has 2 N–H and O–H groups in total. The molecule has 0 aliphatic heterocycles. The first-order valence-electron chi connectivity index (χ1n) is 11.3. The monoisotopic (exact) mass is 524 g/mol. The number of nitrogens with zero attached hydrogens (tertiary/aromatic N) is 2. The number of pyridine rings is 1. The number of fused-ring (bicyclic) bond motifs is 1. The zero-order valence-corrected chi connectivity index (χ0v) is 21.2. The van der Waals surface area contributed by atoms with Gasteiger partial charge in [-0.2, -0.15) is 4.74 Å². The molecule has 1 amide bonds. The predicted octanol–water partition coefficient (Wildman–Crippen LogP) is 3.80. The fourth-order valence-corrected chi connectivity index (χ4v) is 4.65. The highest BCUT2D eigenvalue weighted by molar-refractivity contribution is 7.90. The van der Waals surface area contributed by atoms with Crippen molar-refractivity contribution in [1.82, 2.24) is 14.3 Å². The van der Waals surface area contributed by atoms with Crippen LogP contribution in [0, 0.1) is 17.9 Å². The van der Waals surface area contributed by atoms with E-state index < -0.39 is 32.6 Å². The van der Waals surface area contributed by atoms with Crippen molar-refractivity contribution < 1.29 is 22.3 Å². The third-order valence-electron chi connectivity index (χ3n) is 6.02. The number of H-pyrrole nitrogens is 1. The number of carbonyl (C=O) groups excluding carboxylic acids is 1. The van der Waals surface area contributed by atoms with Gasteiger partial charge in [-0.3, -0.25) is 9.59 Å². The van der Waals surface area contributed by atoms with E-state index in [1.807, 2.05) is 6.92 Å². The molecule has 0 atom stereocenters. The van der Waals surface area contributed by atoms with Gasteiger partial charge in [-0.25, -0.2) is 17.5 Å². The molecule has 2 heterocycles. The van der Waals surface area contributed by atoms with E-state index in [0.717, 1.165) is 11.6 Å². The quantitative estimate of drug-likeness (QED) is 0.165. The van der Waals surface area contributed by atoms with Crippen LogP contribution in [0.1, 0.15) is 35.5 Å². The van der Waals surface area contributed by atoms with Crippen LogP contribution < -0.4 is 10.3 Å². The molecule has 2 aromatic carbocycles. The molecule has 192 valence electrons. The summed E-state index contributed by atoms with van der Waals surface area (Å²) in [4.78, 5) is 29.0. The molecule has 9 nitrogen and oxygen atoms in total. The minimum absolute atomic E-state index is 0.0637. The number of nitrogens with one attached hydrogen (secondary N) is 2. The van der Waals surface area contributed by atoms with Gasteiger partial charge in [-0.05, 0) is 51.1 Å². The van der Waals surface area contributed by atoms with Crippen molar-refractivity contribution in [3.8, 4) is 11.1 Å². The van der Waals surface area contributed by atoms with E-state index in [9.17, 15) is 27.6 Å². The Kier molecular flexibility index (Phi) is 6.74. The smallest absolute Gasteiger partial charge is 0.282 e. The van der Waals surface area contributed by atoms with E-state index in [0.29, 0.717) is 15.6 Å². The van der Waals surface area contributed by atoms with E-state index >= 15 is 0 Å². The standard InChI is InChI=1S/C26H25FN4O5S/c1-15(2)37(35,36)29-26(33)24-23(19-6-5-11-28-25(19)32)20-12-16(3)7-10-22(20)31(24)14-17-13-18(30(4)34)8-9-21(17)27/h5-13,15H,4,14H2,1-3H3,(H,28,32)(H,29,33). The van der Waals surface area contributed by atoms with E-state index in [1.54, 1.807) is 24.3 Å². The number of carbonyl (C=O) groups is 1. The zero-order valence-electron chi connectivity index (χ0n) is 20.4. The summed E-state index contributed by atoms with van der Waals surface area (Å²) in [5, 5.41) is 11.3. The number of benzene rings is 2. The van der Waals surface area contributed by atoms with E-state index in [-0.39, 0.29) is 34.6 Å². The second-order valence-corrected chi connectivity index (χ2v) is 11.2. The number of hydrogen-bond donors (Lipinski definition) is 2. The summed E-state index contributed by atoms with van der Waals surface area (Å²) in [5.41, 5.74) is 1.17. The molecule has 4 rings (SSSR count). The maximum atomic E-state index is 14.9. The summed E-state index contributed by atoms with van der Waals surface area (Å²) in [6.07, 6.45) is 1.44. The van der Waals surface area contributed by atoms with Gasteiger partial charge in [0.1, 0.15) is 18.2 Å². The van der Waals surface area contributed by atoms with Gasteiger partial charge < -0.3 is 14.8 Å². The first-order chi connectivity index (χ1) is 17.4. The van der Waals surface area contributed by atoms with Crippen molar-refractivity contribution in [3.05, 3.63) is 92.9 Å². The molecule has 0 bridgehead atoms. The first-order valence-corrected chi connectivity index (χ1v) is 12.9. The van der Waals surface area contributed by atoms with Gasteiger partial charge in [-0.1, -0.05) is 11.6 Å². The lowest BCUT2D eigenvalue weighted by Gasteiger charge is -2.15. The van der Waals surface area contributed by atoms with Crippen molar-refractivity contribution in [1.29, 1.82) is 0 Å². The Hall–Kier alpha value is -4.25. The molecule has 37 heavy (non-hydrogen) atoms. The van der Waals surface area contributed by atoms with E-state index in [4.69, 9.17) is 0 Å². The van der Waals surface area contributed by atoms with Gasteiger partial charge in [0.15, 0.2) is 0 Å². The number of hydrogen-bond acceptors (Lipinski definition) is 5. The number of aryl methyl sites for hydroxylation is 1. The topological polar surface area (TPSA) is 127 Å². The Morgan fingerprint density at radius 1 is 1.22 bits per heavy atom. The fourth-order valence-electron chi connectivity index (χ4n) is 4.06. The molecule has 0 saturated carbocycles. The lowest BCUT2D eigenvalue weighted by atomic mass is 10.0. The average molecular weight is 525 g/mol. The molecule has 0 radical (unpaired) electrons. The summed E-state index contributed by atoms with van der Waals surface area (Å²) in [7, 11) is -4.05. The van der Waals surface area contributed by atoms with Crippen molar-refractivity contribution in [2.45, 2.75) is 32.6 Å². The number of sulfonamides is 1. The Morgan fingerprint density at radius 2 is 1.95 bits per heavy atom. The second kappa shape index (κ2) is 9.66. The number of amides is 1. The minimum atomic E-state index is -4.05. The van der Waals surface area contributed by atoms with E-state index in [2.05, 4.69) is 16.4 Å². The van der Waals surface area contributed by atoms with Gasteiger partial charge in [-0.15, -0.1) is 0 Å². The van der Waals surface area contributed by atoms with Crippen molar-refractivity contribution in [2.75, 3.05) is 0 Å². The molecular weight excluding hydrogens is 499 g/mol. The number of rotatable bonds is 7. The number of halogens is 1. The van der Waals surface area contributed by atoms with Crippen LogP contribution in [0.15, 0.2) is 59.5 Å². The summed E-state index contributed by atoms with van der Waals surface area (Å²) in [6.45, 7) is 7.72. The zero-order chi connectivity index (χ0) is 27.1. The molecule has 0 aliphatic rings. The maximum absolute atomic E-state index is 14.9. The van der Waals surface area contributed by atoms with Crippen molar-refractivity contribution in [2.24, 2.45) is 0 Å². The average Bonchev–Trinajstić information content (AvgIpc) is 3.13. The van der Waals surface area contributed by atoms with Crippen molar-refractivity contribution >= 4 is 39.2 Å². The van der Waals surface area contributed by atoms with Crippen LogP contribution in [-0.2, 0) is 16.6 Å². The van der Waals surface area contributed by atoms with Crippen LogP contribution in [0.2, 0.25) is 0 Å². The summed E-state index contributed by atoms with van der Waals surface area (Å²) < 4.78 is 44.0. The Bertz CT molecular complexity index is 1720. The van der Waals surface area contributed by atoms with Gasteiger partial charge in [0, 0.05) is 45.9 Å². The van der Waals surface area contributed by atoms with Crippen LogP contribution in [-0.4, -0.2) is 40.6 Å². The molecule has 0 aliphatic carbocycles. The number of aromatic nitrogens is 2. The maximum Gasteiger partial charge on any atom is 0.282 e. The largest absolute Gasteiger partial charge is 0.619 e. The highest BCUT2D eigenvalue weighted by Gasteiger charge is 2.29. The fraction of sp³-hybridized carbons (Fsp3) is 0.192. The normalized spacial score (nSPS) is 11.7. The Morgan fingerprint density at radius 3 is 2.59 bits per heavy atom. The van der Waals surface area contributed by atoms with Crippen LogP contribution in [0.5, 0.6) is 0 Å². The molecule has 0 spiro atoms. The van der Waals surface area contributed by atoms with Gasteiger partial charge in [0.2, 0.25) is 15.7 Å². The minimum Gasteiger partial charge on any atom is -0.619 e. The summed E-state index contributed by atoms with van der Waals surface area (Å²) in [5.74, 6) is -1.61. The third-order valence-corrected chi connectivity index (χ3v) is 7.73. The van der Waals surface area contributed by atoms with Gasteiger partial charge >= 0.3 is 0 Å². The second-order valence-electron chi connectivity index (χ2n) is 8.92. The molecule has 0 fully saturated rings. The summed E-state index contributed by atoms with van der Waals surface area (Å²) in [6, 6.07) is 12.1. The van der Waals surface area contributed by atoms with E-state index in [1.165, 1.54) is 42.8 Å². The molecular formula is C26H25FN4O5S. The van der Waals surface area contributed by atoms with Crippen LogP contribution in [0.3, 0.4) is 0 Å². The van der Waals surface area contributed by atoms with Crippen molar-refractivity contribution in [3.63, 3.8) is 0 Å². The first kappa shape index (κ1) is 25.8. The molecule has 2 aromatic heterocycles. The Balaban J connectivity index is 2.07. The van der Waals surface area contributed by atoms with Crippen LogP contribution in [0.25, 0.3) is 22.0 Å². The van der Waals surface area contributed by atoms with Gasteiger partial charge in [0.05, 0.1) is 11.8 Å². The highest BCUT2D eigenvalue weighted by atomic mass is 32.2. The lowest BCUT2D eigenvalue weighted by molar-refractivity contribution is -0.350. The molecule has 0 saturated heterocycles. The predicted molar refractivity (Wildman–Crippen MR) is 140 cm³/mol. The van der Waals surface area contributed by atoms with Crippen LogP contribution in [0.4, 0.5) is 10.1 Å². The summed E-state index contributed by atoms with van der Waals surface area (Å²) >= 11 is 0. The van der Waals surface area contributed by atoms with Crippen LogP contribution >= 0.6 is 0 Å².